The van der Waals surface area contributed by atoms with Crippen molar-refractivity contribution in [3.05, 3.63) is 16.8 Å². The van der Waals surface area contributed by atoms with Crippen LogP contribution in [0.1, 0.15) is 55.4 Å². The molecule has 0 saturated heterocycles. The Morgan fingerprint density at radius 3 is 2.58 bits per heavy atom. The minimum atomic E-state index is 0. The zero-order valence-electron chi connectivity index (χ0n) is 13.8. The molecule has 134 valence electrons. The summed E-state index contributed by atoms with van der Waals surface area (Å²) in [6, 6.07) is 0.579. The highest BCUT2D eigenvalue weighted by atomic mass is 35.5. The lowest BCUT2D eigenvalue weighted by molar-refractivity contribution is 0.471. The lowest BCUT2D eigenvalue weighted by atomic mass is 9.96. The average Bonchev–Trinajstić information content (AvgIpc) is 2.89. The molecule has 2 aromatic rings. The molecule has 0 amide bonds. The van der Waals surface area contributed by atoms with Gasteiger partial charge in [0.2, 0.25) is 0 Å². The maximum Gasteiger partial charge on any atom is 0.138 e. The number of fused-ring (bicyclic) bond motifs is 3. The minimum absolute atomic E-state index is 0. The van der Waals surface area contributed by atoms with Crippen molar-refractivity contribution in [2.24, 2.45) is 0 Å². The van der Waals surface area contributed by atoms with E-state index in [1.54, 1.807) is 6.33 Å². The molecular weight excluding hydrogens is 363 g/mol. The molecule has 4 rings (SSSR count). The fourth-order valence-corrected chi connectivity index (χ4v) is 4.92. The second-order valence-electron chi connectivity index (χ2n) is 6.52. The van der Waals surface area contributed by atoms with Gasteiger partial charge in [0.25, 0.3) is 0 Å². The molecule has 1 aliphatic carbocycles. The third-order valence-electron chi connectivity index (χ3n) is 4.95. The molecule has 0 unspecified atom stereocenters. The molecule has 1 saturated carbocycles. The highest BCUT2D eigenvalue weighted by Gasteiger charge is 2.21. The predicted octanol–water partition coefficient (Wildman–Crippen LogP) is 4.71. The lowest BCUT2D eigenvalue weighted by Crippen LogP contribution is -2.23. The first-order valence-electron chi connectivity index (χ1n) is 8.64. The highest BCUT2D eigenvalue weighted by molar-refractivity contribution is 7.18. The molecule has 0 spiro atoms. The Morgan fingerprint density at radius 2 is 1.79 bits per heavy atom. The van der Waals surface area contributed by atoms with Gasteiger partial charge in [0.1, 0.15) is 17.0 Å². The van der Waals surface area contributed by atoms with Crippen molar-refractivity contribution in [3.8, 4) is 0 Å². The van der Waals surface area contributed by atoms with Gasteiger partial charge >= 0.3 is 0 Å². The lowest BCUT2D eigenvalue weighted by Gasteiger charge is -2.22. The molecule has 2 aromatic heterocycles. The van der Waals surface area contributed by atoms with Crippen LogP contribution in [-0.4, -0.2) is 22.6 Å². The van der Waals surface area contributed by atoms with Gasteiger partial charge in [0, 0.05) is 17.5 Å². The van der Waals surface area contributed by atoms with Crippen LogP contribution in [0, 0.1) is 0 Å². The Balaban J connectivity index is 0.00000104. The molecule has 24 heavy (non-hydrogen) atoms. The van der Waals surface area contributed by atoms with E-state index >= 15 is 0 Å². The van der Waals surface area contributed by atoms with Gasteiger partial charge in [-0.15, -0.1) is 36.2 Å². The molecule has 0 radical (unpaired) electrons. The SMILES string of the molecule is Cl.Cl.c1nc(NC2CCCCCCC2)c2c3c(sc2n1)CNCC3. The Kier molecular flexibility index (Phi) is 7.54. The first kappa shape index (κ1) is 19.7. The summed E-state index contributed by atoms with van der Waals surface area (Å²) in [7, 11) is 0. The number of nitrogens with zero attached hydrogens (tertiary/aromatic N) is 2. The molecule has 0 aromatic carbocycles. The van der Waals surface area contributed by atoms with Crippen molar-refractivity contribution in [1.82, 2.24) is 15.3 Å². The van der Waals surface area contributed by atoms with Gasteiger partial charge in [-0.1, -0.05) is 32.1 Å². The summed E-state index contributed by atoms with van der Waals surface area (Å²) in [5, 5.41) is 8.52. The molecule has 1 aliphatic heterocycles. The first-order valence-corrected chi connectivity index (χ1v) is 9.46. The molecule has 4 nitrogen and oxygen atoms in total. The van der Waals surface area contributed by atoms with Crippen molar-refractivity contribution in [2.45, 2.75) is 64.0 Å². The zero-order chi connectivity index (χ0) is 14.8. The van der Waals surface area contributed by atoms with Gasteiger partial charge in [0.05, 0.1) is 5.39 Å². The number of rotatable bonds is 2. The molecule has 2 N–H and O–H groups in total. The summed E-state index contributed by atoms with van der Waals surface area (Å²) in [5.41, 5.74) is 1.48. The molecule has 0 atom stereocenters. The molecule has 7 heteroatoms. The molecule has 3 heterocycles. The van der Waals surface area contributed by atoms with Crippen LogP contribution >= 0.6 is 36.2 Å². The van der Waals surface area contributed by atoms with Crippen LogP contribution in [0.25, 0.3) is 10.2 Å². The number of nitrogens with one attached hydrogen (secondary N) is 2. The number of hydrogen-bond donors (Lipinski definition) is 2. The van der Waals surface area contributed by atoms with E-state index in [4.69, 9.17) is 0 Å². The summed E-state index contributed by atoms with van der Waals surface area (Å²) in [5.74, 6) is 1.08. The zero-order valence-corrected chi connectivity index (χ0v) is 16.3. The van der Waals surface area contributed by atoms with E-state index in [1.165, 1.54) is 60.8 Å². The molecule has 0 bridgehead atoms. The maximum atomic E-state index is 4.60. The number of hydrogen-bond acceptors (Lipinski definition) is 5. The average molecular weight is 389 g/mol. The Labute approximate surface area is 160 Å². The van der Waals surface area contributed by atoms with Crippen molar-refractivity contribution < 1.29 is 0 Å². The van der Waals surface area contributed by atoms with E-state index < -0.39 is 0 Å². The predicted molar refractivity (Wildman–Crippen MR) is 107 cm³/mol. The van der Waals surface area contributed by atoms with Crippen LogP contribution in [-0.2, 0) is 13.0 Å². The van der Waals surface area contributed by atoms with E-state index in [0.29, 0.717) is 6.04 Å². The quantitative estimate of drug-likeness (QED) is 0.781. The van der Waals surface area contributed by atoms with Crippen molar-refractivity contribution in [3.63, 3.8) is 0 Å². The normalized spacial score (nSPS) is 18.7. The Morgan fingerprint density at radius 1 is 1.04 bits per heavy atom. The number of thiophene rings is 1. The van der Waals surface area contributed by atoms with E-state index in [2.05, 4.69) is 20.6 Å². The van der Waals surface area contributed by atoms with Crippen LogP contribution < -0.4 is 10.6 Å². The van der Waals surface area contributed by atoms with E-state index in [9.17, 15) is 0 Å². The topological polar surface area (TPSA) is 49.8 Å². The fourth-order valence-electron chi connectivity index (χ4n) is 3.76. The molecular formula is C17H26Cl2N4S. The van der Waals surface area contributed by atoms with Crippen molar-refractivity contribution in [2.75, 3.05) is 11.9 Å². The van der Waals surface area contributed by atoms with Crippen LogP contribution in [0.15, 0.2) is 6.33 Å². The highest BCUT2D eigenvalue weighted by Crippen LogP contribution is 2.36. The standard InChI is InChI=1S/C17H24N4S.2ClH/c1-2-4-6-12(7-5-3-1)21-16-15-13-8-9-18-10-14(13)22-17(15)20-11-19-16;;/h11-12,18H,1-10H2,(H,19,20,21);2*1H. The van der Waals surface area contributed by atoms with Gasteiger partial charge in [-0.05, 0) is 31.4 Å². The monoisotopic (exact) mass is 388 g/mol. The summed E-state index contributed by atoms with van der Waals surface area (Å²) in [6.07, 6.45) is 12.3. The van der Waals surface area contributed by atoms with E-state index in [1.807, 2.05) is 11.3 Å². The van der Waals surface area contributed by atoms with Crippen LogP contribution in [0.3, 0.4) is 0 Å². The van der Waals surface area contributed by atoms with Gasteiger partial charge in [0.15, 0.2) is 0 Å². The molecule has 2 aliphatic rings. The number of anilines is 1. The summed E-state index contributed by atoms with van der Waals surface area (Å²) in [4.78, 5) is 11.7. The van der Waals surface area contributed by atoms with Gasteiger partial charge in [-0.2, -0.15) is 0 Å². The largest absolute Gasteiger partial charge is 0.367 e. The Bertz CT molecular complexity index is 653. The van der Waals surface area contributed by atoms with E-state index in [0.717, 1.165) is 30.2 Å². The third kappa shape index (κ3) is 4.13. The molecule has 1 fully saturated rings. The summed E-state index contributed by atoms with van der Waals surface area (Å²) in [6.45, 7) is 2.05. The first-order chi connectivity index (χ1) is 10.9. The van der Waals surface area contributed by atoms with Crippen molar-refractivity contribution in [1.29, 1.82) is 0 Å². The third-order valence-corrected chi connectivity index (χ3v) is 6.09. The van der Waals surface area contributed by atoms with Crippen molar-refractivity contribution >= 4 is 52.2 Å². The second kappa shape index (κ2) is 9.18. The summed E-state index contributed by atoms with van der Waals surface area (Å²) < 4.78 is 0. The van der Waals surface area contributed by atoms with Crippen LogP contribution in [0.5, 0.6) is 0 Å². The van der Waals surface area contributed by atoms with E-state index in [-0.39, 0.29) is 24.8 Å². The van der Waals surface area contributed by atoms with Crippen LogP contribution in [0.2, 0.25) is 0 Å². The minimum Gasteiger partial charge on any atom is -0.367 e. The van der Waals surface area contributed by atoms with Gasteiger partial charge in [-0.3, -0.25) is 0 Å². The number of halogens is 2. The fraction of sp³-hybridized carbons (Fsp3) is 0.647. The summed E-state index contributed by atoms with van der Waals surface area (Å²) >= 11 is 1.83. The van der Waals surface area contributed by atoms with Gasteiger partial charge < -0.3 is 10.6 Å². The van der Waals surface area contributed by atoms with Gasteiger partial charge in [-0.25, -0.2) is 9.97 Å². The second-order valence-corrected chi connectivity index (χ2v) is 7.60. The Hall–Kier alpha value is -0.620. The maximum absolute atomic E-state index is 4.60. The van der Waals surface area contributed by atoms with Crippen LogP contribution in [0.4, 0.5) is 5.82 Å². The number of aromatic nitrogens is 2. The smallest absolute Gasteiger partial charge is 0.138 e.